The van der Waals surface area contributed by atoms with E-state index in [9.17, 15) is 13.2 Å². The number of sulfonamides is 1. The Bertz CT molecular complexity index is 724. The monoisotopic (exact) mass is 378 g/mol. The van der Waals surface area contributed by atoms with Gasteiger partial charge < -0.3 is 5.32 Å². The minimum absolute atomic E-state index is 0.0271. The first-order valence-electron chi connectivity index (χ1n) is 9.89. The molecule has 0 spiro atoms. The van der Waals surface area contributed by atoms with Crippen LogP contribution in [0.15, 0.2) is 29.2 Å². The van der Waals surface area contributed by atoms with Crippen molar-refractivity contribution < 1.29 is 13.2 Å². The van der Waals surface area contributed by atoms with E-state index in [0.29, 0.717) is 17.5 Å². The molecule has 0 aliphatic heterocycles. The number of anilines is 1. The number of nitrogens with one attached hydrogen (secondary N) is 1. The summed E-state index contributed by atoms with van der Waals surface area (Å²) in [6.45, 7) is 0. The first-order valence-corrected chi connectivity index (χ1v) is 11.4. The van der Waals surface area contributed by atoms with Gasteiger partial charge in [-0.15, -0.1) is 0 Å². The van der Waals surface area contributed by atoms with Gasteiger partial charge in [-0.25, -0.2) is 13.6 Å². The van der Waals surface area contributed by atoms with Gasteiger partial charge in [-0.3, -0.25) is 4.79 Å². The third kappa shape index (κ3) is 4.86. The number of hydrogen-bond donors (Lipinski definition) is 2. The van der Waals surface area contributed by atoms with E-state index in [4.69, 9.17) is 5.14 Å². The van der Waals surface area contributed by atoms with Crippen molar-refractivity contribution in [1.82, 2.24) is 0 Å². The SMILES string of the molecule is NS(=O)(=O)c1cccc(NC(=O)C2CCCC[C@@H]2C2CCCCCC2)c1. The summed E-state index contributed by atoms with van der Waals surface area (Å²) in [7, 11) is -3.77. The van der Waals surface area contributed by atoms with Gasteiger partial charge in [0.25, 0.3) is 0 Å². The van der Waals surface area contributed by atoms with Crippen molar-refractivity contribution in [2.24, 2.45) is 22.9 Å². The summed E-state index contributed by atoms with van der Waals surface area (Å²) in [6, 6.07) is 6.21. The molecular formula is C20H30N2O3S. The Labute approximate surface area is 156 Å². The standard InChI is InChI=1S/C20H30N2O3S/c21-26(24,25)17-11-7-10-16(14-17)22-20(23)19-13-6-5-12-18(19)15-8-3-1-2-4-9-15/h7,10-11,14-15,18-19H,1-6,8-9,12-13H2,(H,22,23)(H2,21,24,25)/t18-,19?/m1/s1. The number of hydrogen-bond acceptors (Lipinski definition) is 3. The van der Waals surface area contributed by atoms with Crippen LogP contribution in [0, 0.1) is 17.8 Å². The molecule has 0 saturated heterocycles. The van der Waals surface area contributed by atoms with E-state index in [1.54, 1.807) is 12.1 Å². The maximum absolute atomic E-state index is 13.0. The van der Waals surface area contributed by atoms with Gasteiger partial charge in [-0.2, -0.15) is 0 Å². The fraction of sp³-hybridized carbons (Fsp3) is 0.650. The Morgan fingerprint density at radius 3 is 2.31 bits per heavy atom. The Morgan fingerprint density at radius 2 is 1.62 bits per heavy atom. The number of amides is 1. The van der Waals surface area contributed by atoms with Gasteiger partial charge in [0.15, 0.2) is 0 Å². The van der Waals surface area contributed by atoms with Crippen molar-refractivity contribution in [3.63, 3.8) is 0 Å². The molecule has 0 radical (unpaired) electrons. The van der Waals surface area contributed by atoms with Crippen molar-refractivity contribution in [2.75, 3.05) is 5.32 Å². The van der Waals surface area contributed by atoms with Crippen LogP contribution in [0.1, 0.15) is 64.2 Å². The maximum Gasteiger partial charge on any atom is 0.238 e. The molecule has 1 amide bonds. The molecule has 2 aliphatic rings. The first-order chi connectivity index (χ1) is 12.4. The zero-order valence-electron chi connectivity index (χ0n) is 15.3. The molecule has 1 unspecified atom stereocenters. The average Bonchev–Trinajstić information content (AvgIpc) is 2.90. The van der Waals surface area contributed by atoms with Crippen molar-refractivity contribution in [3.8, 4) is 0 Å². The van der Waals surface area contributed by atoms with Gasteiger partial charge in [-0.05, 0) is 42.9 Å². The molecule has 0 heterocycles. The maximum atomic E-state index is 13.0. The first kappa shape index (κ1) is 19.4. The van der Waals surface area contributed by atoms with Crippen molar-refractivity contribution in [3.05, 3.63) is 24.3 Å². The highest BCUT2D eigenvalue weighted by atomic mass is 32.2. The lowest BCUT2D eigenvalue weighted by Crippen LogP contribution is -2.35. The van der Waals surface area contributed by atoms with Crippen LogP contribution in [0.3, 0.4) is 0 Å². The van der Waals surface area contributed by atoms with Crippen LogP contribution in [-0.2, 0) is 14.8 Å². The molecule has 2 saturated carbocycles. The van der Waals surface area contributed by atoms with Crippen molar-refractivity contribution >= 4 is 21.6 Å². The molecule has 144 valence electrons. The lowest BCUT2D eigenvalue weighted by Gasteiger charge is -2.36. The van der Waals surface area contributed by atoms with E-state index < -0.39 is 10.0 Å². The molecular weight excluding hydrogens is 348 g/mol. The number of carbonyl (C=O) groups excluding carboxylic acids is 1. The van der Waals surface area contributed by atoms with Gasteiger partial charge in [0.2, 0.25) is 15.9 Å². The van der Waals surface area contributed by atoms with Crippen LogP contribution in [0.5, 0.6) is 0 Å². The van der Waals surface area contributed by atoms with Gasteiger partial charge in [0.1, 0.15) is 0 Å². The topological polar surface area (TPSA) is 89.3 Å². The molecule has 0 bridgehead atoms. The molecule has 0 aromatic heterocycles. The van der Waals surface area contributed by atoms with Crippen LogP contribution in [-0.4, -0.2) is 14.3 Å². The molecule has 26 heavy (non-hydrogen) atoms. The molecule has 6 heteroatoms. The highest BCUT2D eigenvalue weighted by Gasteiger charge is 2.36. The van der Waals surface area contributed by atoms with E-state index in [2.05, 4.69) is 5.32 Å². The molecule has 3 rings (SSSR count). The summed E-state index contributed by atoms with van der Waals surface area (Å²) in [5.41, 5.74) is 0.506. The second kappa shape index (κ2) is 8.53. The smallest absolute Gasteiger partial charge is 0.238 e. The minimum Gasteiger partial charge on any atom is -0.326 e. The molecule has 2 aliphatic carbocycles. The van der Waals surface area contributed by atoms with E-state index >= 15 is 0 Å². The number of primary sulfonamides is 1. The normalized spacial score (nSPS) is 25.4. The number of rotatable bonds is 4. The zero-order chi connectivity index (χ0) is 18.6. The van der Waals surface area contributed by atoms with Crippen LogP contribution < -0.4 is 10.5 Å². The van der Waals surface area contributed by atoms with Gasteiger partial charge >= 0.3 is 0 Å². The van der Waals surface area contributed by atoms with E-state index in [1.165, 1.54) is 57.1 Å². The summed E-state index contributed by atoms with van der Waals surface area (Å²) in [6.07, 6.45) is 12.1. The molecule has 1 aromatic carbocycles. The Balaban J connectivity index is 1.72. The predicted octanol–water partition coefficient (Wildman–Crippen LogP) is 4.05. The molecule has 2 atom stereocenters. The second-order valence-electron chi connectivity index (χ2n) is 7.87. The Hall–Kier alpha value is -1.40. The van der Waals surface area contributed by atoms with Crippen LogP contribution in [0.25, 0.3) is 0 Å². The number of nitrogens with two attached hydrogens (primary N) is 1. The quantitative estimate of drug-likeness (QED) is 0.775. The molecule has 5 nitrogen and oxygen atoms in total. The number of benzene rings is 1. The van der Waals surface area contributed by atoms with Gasteiger partial charge in [0.05, 0.1) is 4.90 Å². The van der Waals surface area contributed by atoms with E-state index in [1.807, 2.05) is 0 Å². The largest absolute Gasteiger partial charge is 0.326 e. The highest BCUT2D eigenvalue weighted by Crippen LogP contribution is 2.41. The van der Waals surface area contributed by atoms with Gasteiger partial charge in [-0.1, -0.05) is 57.4 Å². The summed E-state index contributed by atoms with van der Waals surface area (Å²) in [4.78, 5) is 13.0. The summed E-state index contributed by atoms with van der Waals surface area (Å²) >= 11 is 0. The third-order valence-corrected chi connectivity index (χ3v) is 7.00. The zero-order valence-corrected chi connectivity index (χ0v) is 16.1. The molecule has 1 aromatic rings. The number of carbonyl (C=O) groups is 1. The summed E-state index contributed by atoms with van der Waals surface area (Å²) in [5.74, 6) is 1.18. The summed E-state index contributed by atoms with van der Waals surface area (Å²) < 4.78 is 23.1. The molecule has 2 fully saturated rings. The average molecular weight is 379 g/mol. The third-order valence-electron chi connectivity index (χ3n) is 6.09. The predicted molar refractivity (Wildman–Crippen MR) is 103 cm³/mol. The van der Waals surface area contributed by atoms with Crippen molar-refractivity contribution in [2.45, 2.75) is 69.1 Å². The lowest BCUT2D eigenvalue weighted by molar-refractivity contribution is -0.123. The second-order valence-corrected chi connectivity index (χ2v) is 9.43. The highest BCUT2D eigenvalue weighted by molar-refractivity contribution is 7.89. The van der Waals surface area contributed by atoms with Crippen molar-refractivity contribution in [1.29, 1.82) is 0 Å². The van der Waals surface area contributed by atoms with Crippen LogP contribution >= 0.6 is 0 Å². The Kier molecular flexibility index (Phi) is 6.35. The van der Waals surface area contributed by atoms with Gasteiger partial charge in [0, 0.05) is 11.6 Å². The summed E-state index contributed by atoms with van der Waals surface area (Å²) in [5, 5.41) is 8.14. The fourth-order valence-electron chi connectivity index (χ4n) is 4.77. The van der Waals surface area contributed by atoms with Crippen LogP contribution in [0.2, 0.25) is 0 Å². The fourth-order valence-corrected chi connectivity index (χ4v) is 5.33. The molecule has 3 N–H and O–H groups in total. The van der Waals surface area contributed by atoms with E-state index in [-0.39, 0.29) is 16.7 Å². The van der Waals surface area contributed by atoms with E-state index in [0.717, 1.165) is 19.3 Å². The minimum atomic E-state index is -3.77. The Morgan fingerprint density at radius 1 is 0.962 bits per heavy atom. The van der Waals surface area contributed by atoms with Crippen LogP contribution in [0.4, 0.5) is 5.69 Å². The lowest BCUT2D eigenvalue weighted by atomic mass is 9.70.